The number of allylic oxidation sites excluding steroid dienone is 3. The summed E-state index contributed by atoms with van der Waals surface area (Å²) in [5.41, 5.74) is 11.8. The summed E-state index contributed by atoms with van der Waals surface area (Å²) in [5, 5.41) is 12.2. The quantitative estimate of drug-likeness (QED) is 0.0578. The van der Waals surface area contributed by atoms with Gasteiger partial charge in [-0.3, -0.25) is 43.4 Å². The third-order valence-corrected chi connectivity index (χ3v) is 39.3. The van der Waals surface area contributed by atoms with Crippen LogP contribution in [0.15, 0.2) is 33.4 Å². The largest absolute Gasteiger partial charge is 1.00 e. The van der Waals surface area contributed by atoms with Crippen LogP contribution in [-0.2, 0) is 76.6 Å². The molecule has 15 fully saturated rings. The van der Waals surface area contributed by atoms with E-state index >= 15 is 0 Å². The molecule has 3 spiro atoms. The third kappa shape index (κ3) is 20.6. The van der Waals surface area contributed by atoms with E-state index in [1.807, 2.05) is 5.57 Å². The second kappa shape index (κ2) is 41.1. The Morgan fingerprint density at radius 1 is 0.450 bits per heavy atom. The summed E-state index contributed by atoms with van der Waals surface area (Å²) in [5.74, 6) is 10.2. The van der Waals surface area contributed by atoms with Crippen molar-refractivity contribution >= 4 is 67.3 Å². The first-order valence-electron chi connectivity index (χ1n) is 50.5. The van der Waals surface area contributed by atoms with Crippen LogP contribution in [0.25, 0.3) is 0 Å². The van der Waals surface area contributed by atoms with E-state index in [1.165, 1.54) is 117 Å². The first-order valence-corrected chi connectivity index (χ1v) is 50.5. The fourth-order valence-corrected chi connectivity index (χ4v) is 32.2. The maximum absolute atomic E-state index is 12.5. The van der Waals surface area contributed by atoms with Gasteiger partial charge in [-0.25, -0.2) is 19.4 Å². The van der Waals surface area contributed by atoms with E-state index in [9.17, 15) is 47.9 Å². The molecule has 6 saturated heterocycles. The molecule has 4 N–H and O–H groups in total. The molecule has 129 heavy (non-hydrogen) atoms. The first kappa shape index (κ1) is 103. The summed E-state index contributed by atoms with van der Waals surface area (Å²) >= 11 is 0. The van der Waals surface area contributed by atoms with Gasteiger partial charge in [0.25, 0.3) is 0 Å². The second-order valence-corrected chi connectivity index (χ2v) is 46.8. The number of rotatable bonds is 8. The fourth-order valence-electron chi connectivity index (χ4n) is 32.2. The number of carbonyl (C=O) groups is 10. The van der Waals surface area contributed by atoms with Crippen LogP contribution in [0.1, 0.15) is 338 Å². The molecule has 0 aromatic heterocycles. The van der Waals surface area contributed by atoms with Crippen molar-refractivity contribution in [1.29, 1.82) is 0 Å². The van der Waals surface area contributed by atoms with Crippen molar-refractivity contribution < 1.29 is 106 Å². The van der Waals surface area contributed by atoms with Crippen LogP contribution in [0.2, 0.25) is 0 Å². The van der Waals surface area contributed by atoms with Crippen molar-refractivity contribution in [3.63, 3.8) is 0 Å². The summed E-state index contributed by atoms with van der Waals surface area (Å²) in [4.78, 5) is 122. The van der Waals surface area contributed by atoms with Gasteiger partial charge in [-0.2, -0.15) is 0 Å². The number of likely N-dealkylation sites (tertiary alicyclic amines) is 2. The maximum atomic E-state index is 12.5. The van der Waals surface area contributed by atoms with Gasteiger partial charge in [0, 0.05) is 155 Å². The van der Waals surface area contributed by atoms with Crippen molar-refractivity contribution in [2.24, 2.45) is 121 Å². The molecule has 3 amide bonds. The van der Waals surface area contributed by atoms with Crippen LogP contribution < -0.4 is 50.8 Å². The van der Waals surface area contributed by atoms with Crippen molar-refractivity contribution in [2.75, 3.05) is 52.4 Å². The Morgan fingerprint density at radius 3 is 1.09 bits per heavy atom. The van der Waals surface area contributed by atoms with Gasteiger partial charge in [0.1, 0.15) is 23.6 Å². The molecule has 9 saturated carbocycles. The van der Waals surface area contributed by atoms with E-state index < -0.39 is 17.9 Å². The van der Waals surface area contributed by atoms with E-state index in [0.29, 0.717) is 118 Å². The van der Waals surface area contributed by atoms with Gasteiger partial charge in [-0.05, 0) is 285 Å². The number of ketones is 3. The van der Waals surface area contributed by atoms with Crippen LogP contribution >= 0.6 is 0 Å². The van der Waals surface area contributed by atoms with Crippen molar-refractivity contribution in [1.82, 2.24) is 31.1 Å². The van der Waals surface area contributed by atoms with Crippen LogP contribution in [0.4, 0.5) is 0 Å². The standard InChI is InChI=1S/2C33H52N2O3.C29H45NO2.C4H7NO2.C4H6O4.C2H3BO2.Na/c2*1-20-15-29-30(35(19-20)14-13-34-23(4)36)22(3)33(38-29)12-9-25-26-8-10-31(5)18-24(37)7-11-32(31,6)28(26)16-27(25)21(2)17-33;1-17-12-25-26(30-16-17)19(3)29(32-25)11-8-21-22-7-9-27(4)15-20(31)6-10-28(27,5)24(22)13-23(21)18(2)14-29;1-4(7)5-2-3-6;1-3(5)7-8-4(2)6;1-2(4)5-3;/h2*20,22,25-26,28-30H,7-19H2,1-6H3,(H,34,36);17,19,21-22,24-26,30H,6-16H2,1-5H3;3H,2H2,1H3,(H,5,7);1-2H3;1H3;/q;;;;;-1;+1/t2*20-,22+,25-,26-,28-,29+,30-,31+,32+,33-;17-,19+,21-,22-,24-,25+,26-,27+,28+,29-;;;;/m000..../s1. The van der Waals surface area contributed by atoms with E-state index in [-0.39, 0.29) is 86.9 Å². The third-order valence-electron chi connectivity index (χ3n) is 39.3. The molecule has 0 aromatic carbocycles. The minimum Gasteiger partial charge on any atom is -0.793 e. The zero-order valence-electron chi connectivity index (χ0n) is 83.6. The smallest absolute Gasteiger partial charge is 0.793 e. The molecule has 22 nitrogen and oxygen atoms in total. The molecule has 30 atom stereocenters. The molecule has 0 unspecified atom stereocenters. The van der Waals surface area contributed by atoms with Crippen LogP contribution in [0, 0.1) is 121 Å². The van der Waals surface area contributed by atoms with Crippen molar-refractivity contribution in [2.45, 2.75) is 391 Å². The molecular formula is C105H165BN6NaO16. The normalized spacial score (nSPS) is 43.6. The monoisotopic (exact) mass is 1800 g/mol. The van der Waals surface area contributed by atoms with Crippen molar-refractivity contribution in [3.8, 4) is 0 Å². The number of hydrogen-bond acceptors (Lipinski definition) is 19. The summed E-state index contributed by atoms with van der Waals surface area (Å²) < 4.78 is 25.1. The molecule has 24 heteroatoms. The molecule has 18 aliphatic rings. The summed E-state index contributed by atoms with van der Waals surface area (Å²) in [6.45, 7) is 51.7. The average Bonchev–Trinajstić information content (AvgIpc) is 1.58. The molecule has 6 heterocycles. The zero-order valence-corrected chi connectivity index (χ0v) is 85.6. The summed E-state index contributed by atoms with van der Waals surface area (Å²) in [6.07, 6.45) is 35.6. The van der Waals surface area contributed by atoms with E-state index in [2.05, 4.69) is 157 Å². The fraction of sp³-hybridized carbons (Fsp3) is 0.848. The summed E-state index contributed by atoms with van der Waals surface area (Å²) in [6, 6.07) is 1.46. The predicted molar refractivity (Wildman–Crippen MR) is 495 cm³/mol. The van der Waals surface area contributed by atoms with E-state index in [4.69, 9.17) is 14.2 Å². The van der Waals surface area contributed by atoms with Crippen LogP contribution in [0.3, 0.4) is 0 Å². The molecule has 3 radical (unpaired) electrons. The van der Waals surface area contributed by atoms with Gasteiger partial charge < -0.3 is 53.0 Å². The average molecular weight is 1800 g/mol. The molecule has 12 aliphatic carbocycles. The number of amides is 3. The molecule has 0 bridgehead atoms. The number of Topliss-reactive ketones (excluding diaryl/α,β-unsaturated/α-hetero) is 3. The van der Waals surface area contributed by atoms with Gasteiger partial charge in [-0.1, -0.05) is 117 Å². The van der Waals surface area contributed by atoms with Gasteiger partial charge in [0.2, 0.25) is 23.7 Å². The predicted octanol–water partition coefficient (Wildman–Crippen LogP) is 13.9. The number of fused-ring (bicyclic) bond motifs is 18. The molecule has 18 rings (SSSR count). The van der Waals surface area contributed by atoms with Gasteiger partial charge in [0.15, 0.2) is 0 Å². The van der Waals surface area contributed by atoms with Crippen LogP contribution in [0.5, 0.6) is 0 Å². The minimum atomic E-state index is -0.639. The number of nitrogens with zero attached hydrogens (tertiary/aromatic N) is 2. The van der Waals surface area contributed by atoms with Gasteiger partial charge >= 0.3 is 41.5 Å². The number of piperidine rings is 3. The molecule has 0 aromatic rings. The SMILES string of the molecule is CC(=O)NCC=O.CC(=O)NCCN1C[C@@H](C)C[C@H]2O[C@]3(CC[C@@H]4C(=C(C)C3)C[C@H]3[C@H]4CC[C@]4(C)CC(=O)CC[C@]34C)[C@H](C)[C@@H]21.CC(=O)NCCN1C[C@@H](C)C[C@H]2O[C@]3(CC[C@@H]4C(=C(C)C3)C[C@H]3[C@H]4CC[C@]4(C)CC(=O)CC[C@]34C)[C@H](C)[C@@H]21.CC(=O)OOC(C)=O.CC1=C2C[C@H]3[C@@H](CC[C@]4(C)CC(=O)CC[C@]34C)[C@@H]2CC[C@@]2(C1)O[C@@H]1C[C@H](C)CN[C@H]1[C@H]2C.[B-]OC(C)=O.[Na+]. The number of carbonyl (C=O) groups excluding carboxylic acids is 10. The number of nitrogens with one attached hydrogen (secondary N) is 4. The topological polar surface area (TPSA) is 281 Å². The zero-order chi connectivity index (χ0) is 93.1. The number of hydrogen-bond donors (Lipinski definition) is 4. The van der Waals surface area contributed by atoms with Gasteiger partial charge in [-0.15, -0.1) is 0 Å². The molecular weight excluding hydrogens is 1630 g/mol. The second-order valence-electron chi connectivity index (χ2n) is 46.8. The van der Waals surface area contributed by atoms with E-state index in [1.54, 1.807) is 41.7 Å². The Labute approximate surface area is 797 Å². The number of aldehydes is 1. The Bertz CT molecular complexity index is 4070. The van der Waals surface area contributed by atoms with E-state index in [0.717, 1.165) is 197 Å². The number of ether oxygens (including phenoxy) is 3. The Kier molecular flexibility index (Phi) is 32.9. The van der Waals surface area contributed by atoms with Crippen molar-refractivity contribution in [3.05, 3.63) is 33.4 Å². The maximum Gasteiger partial charge on any atom is 1.00 e. The van der Waals surface area contributed by atoms with Crippen LogP contribution in [-0.4, -0.2) is 183 Å². The molecule has 715 valence electrons. The molecule has 6 aliphatic heterocycles. The Morgan fingerprint density at radius 2 is 0.775 bits per heavy atom. The minimum absolute atomic E-state index is 0. The van der Waals surface area contributed by atoms with Gasteiger partial charge in [0.05, 0.1) is 41.7 Å². The first-order chi connectivity index (χ1) is 60.2. The Hall–Kier alpha value is -4.46. The Balaban J connectivity index is 0.000000158. The summed E-state index contributed by atoms with van der Waals surface area (Å²) in [7, 11) is 4.32.